The van der Waals surface area contributed by atoms with Crippen molar-refractivity contribution >= 4 is 0 Å². The first-order valence-electron chi connectivity index (χ1n) is 6.12. The fourth-order valence-corrected chi connectivity index (χ4v) is 2.28. The van der Waals surface area contributed by atoms with Gasteiger partial charge in [0.2, 0.25) is 0 Å². The van der Waals surface area contributed by atoms with E-state index in [-0.39, 0.29) is 6.04 Å². The number of furan rings is 1. The molecule has 0 fully saturated rings. The van der Waals surface area contributed by atoms with Crippen molar-refractivity contribution in [3.8, 4) is 0 Å². The Bertz CT molecular complexity index is 558. The van der Waals surface area contributed by atoms with E-state index in [4.69, 9.17) is 10.3 Å². The lowest BCUT2D eigenvalue weighted by Crippen LogP contribution is -2.29. The zero-order valence-corrected chi connectivity index (χ0v) is 11.4. The number of hydrazine groups is 1. The van der Waals surface area contributed by atoms with Gasteiger partial charge in [-0.3, -0.25) is 5.84 Å². The molecule has 0 radical (unpaired) electrons. The molecular formula is C15H20N2O. The topological polar surface area (TPSA) is 51.2 Å². The summed E-state index contributed by atoms with van der Waals surface area (Å²) in [7, 11) is 0. The Morgan fingerprint density at radius 1 is 1.00 bits per heavy atom. The summed E-state index contributed by atoms with van der Waals surface area (Å²) in [6.07, 6.45) is 1.70. The summed E-state index contributed by atoms with van der Waals surface area (Å²) >= 11 is 0. The van der Waals surface area contributed by atoms with Crippen LogP contribution < -0.4 is 11.3 Å². The minimum absolute atomic E-state index is 0.0979. The van der Waals surface area contributed by atoms with E-state index in [2.05, 4.69) is 38.3 Å². The number of hydrogen-bond donors (Lipinski definition) is 2. The molecule has 0 saturated carbocycles. The normalized spacial score (nSPS) is 12.7. The monoisotopic (exact) mass is 244 g/mol. The van der Waals surface area contributed by atoms with Gasteiger partial charge in [-0.05, 0) is 61.6 Å². The van der Waals surface area contributed by atoms with Crippen LogP contribution in [0.3, 0.4) is 0 Å². The highest BCUT2D eigenvalue weighted by atomic mass is 16.3. The van der Waals surface area contributed by atoms with Gasteiger partial charge in [0, 0.05) is 0 Å². The van der Waals surface area contributed by atoms with E-state index >= 15 is 0 Å². The molecule has 3 heteroatoms. The minimum atomic E-state index is -0.0979. The van der Waals surface area contributed by atoms with Gasteiger partial charge in [-0.2, -0.15) is 0 Å². The SMILES string of the molecule is Cc1cc(C)c(C(NN)c2occc2C)cc1C. The Hall–Kier alpha value is -1.58. The molecule has 0 aliphatic rings. The molecule has 1 atom stereocenters. The largest absolute Gasteiger partial charge is 0.467 e. The van der Waals surface area contributed by atoms with Crippen LogP contribution in [0.1, 0.15) is 39.6 Å². The van der Waals surface area contributed by atoms with Gasteiger partial charge < -0.3 is 4.42 Å². The minimum Gasteiger partial charge on any atom is -0.467 e. The third-order valence-electron chi connectivity index (χ3n) is 3.52. The van der Waals surface area contributed by atoms with E-state index < -0.39 is 0 Å². The quantitative estimate of drug-likeness (QED) is 0.644. The van der Waals surface area contributed by atoms with Crippen LogP contribution in [-0.2, 0) is 0 Å². The number of nitrogens with one attached hydrogen (secondary N) is 1. The molecule has 0 bridgehead atoms. The van der Waals surface area contributed by atoms with Crippen LogP contribution in [-0.4, -0.2) is 0 Å². The van der Waals surface area contributed by atoms with E-state index in [1.165, 1.54) is 22.3 Å². The Kier molecular flexibility index (Phi) is 3.55. The fraction of sp³-hybridized carbons (Fsp3) is 0.333. The third kappa shape index (κ3) is 2.19. The van der Waals surface area contributed by atoms with Crippen molar-refractivity contribution in [2.45, 2.75) is 33.7 Å². The lowest BCUT2D eigenvalue weighted by molar-refractivity contribution is 0.448. The van der Waals surface area contributed by atoms with Crippen LogP contribution in [0.15, 0.2) is 28.9 Å². The number of aryl methyl sites for hydroxylation is 4. The van der Waals surface area contributed by atoms with Crippen LogP contribution in [0.2, 0.25) is 0 Å². The van der Waals surface area contributed by atoms with Crippen LogP contribution >= 0.6 is 0 Å². The second kappa shape index (κ2) is 4.96. The lowest BCUT2D eigenvalue weighted by atomic mass is 9.94. The summed E-state index contributed by atoms with van der Waals surface area (Å²) in [6.45, 7) is 8.36. The summed E-state index contributed by atoms with van der Waals surface area (Å²) in [5.74, 6) is 6.59. The highest BCUT2D eigenvalue weighted by molar-refractivity contribution is 5.41. The first-order chi connectivity index (χ1) is 8.54. The van der Waals surface area contributed by atoms with E-state index in [0.717, 1.165) is 11.3 Å². The van der Waals surface area contributed by atoms with Crippen LogP contribution in [0, 0.1) is 27.7 Å². The van der Waals surface area contributed by atoms with Crippen molar-refractivity contribution < 1.29 is 4.42 Å². The van der Waals surface area contributed by atoms with E-state index in [1.54, 1.807) is 6.26 Å². The van der Waals surface area contributed by atoms with Gasteiger partial charge in [0.15, 0.2) is 0 Å². The second-order valence-corrected chi connectivity index (χ2v) is 4.86. The summed E-state index contributed by atoms with van der Waals surface area (Å²) in [6, 6.07) is 6.22. The van der Waals surface area contributed by atoms with Crippen molar-refractivity contribution in [3.05, 3.63) is 58.0 Å². The Morgan fingerprint density at radius 3 is 2.22 bits per heavy atom. The lowest BCUT2D eigenvalue weighted by Gasteiger charge is -2.19. The van der Waals surface area contributed by atoms with Crippen molar-refractivity contribution in [1.29, 1.82) is 0 Å². The van der Waals surface area contributed by atoms with Gasteiger partial charge in [0.05, 0.1) is 6.26 Å². The highest BCUT2D eigenvalue weighted by Crippen LogP contribution is 2.29. The summed E-state index contributed by atoms with van der Waals surface area (Å²) < 4.78 is 5.55. The Morgan fingerprint density at radius 2 is 1.67 bits per heavy atom. The molecule has 1 unspecified atom stereocenters. The molecule has 18 heavy (non-hydrogen) atoms. The van der Waals surface area contributed by atoms with Crippen molar-refractivity contribution in [2.75, 3.05) is 0 Å². The Balaban J connectivity index is 2.52. The third-order valence-corrected chi connectivity index (χ3v) is 3.52. The number of hydrogen-bond acceptors (Lipinski definition) is 3. The molecule has 1 aromatic heterocycles. The number of rotatable bonds is 3. The van der Waals surface area contributed by atoms with Crippen molar-refractivity contribution in [1.82, 2.24) is 5.43 Å². The van der Waals surface area contributed by atoms with E-state index in [0.29, 0.717) is 0 Å². The predicted octanol–water partition coefficient (Wildman–Crippen LogP) is 3.07. The second-order valence-electron chi connectivity index (χ2n) is 4.86. The van der Waals surface area contributed by atoms with Crippen LogP contribution in [0.5, 0.6) is 0 Å². The van der Waals surface area contributed by atoms with Crippen LogP contribution in [0.25, 0.3) is 0 Å². The molecule has 2 rings (SSSR count). The molecule has 1 heterocycles. The van der Waals surface area contributed by atoms with Crippen LogP contribution in [0.4, 0.5) is 0 Å². The molecular weight excluding hydrogens is 224 g/mol. The predicted molar refractivity (Wildman–Crippen MR) is 73.3 cm³/mol. The molecule has 0 saturated heterocycles. The van der Waals surface area contributed by atoms with Gasteiger partial charge in [-0.1, -0.05) is 12.1 Å². The summed E-state index contributed by atoms with van der Waals surface area (Å²) in [5, 5.41) is 0. The summed E-state index contributed by atoms with van der Waals surface area (Å²) in [4.78, 5) is 0. The Labute approximate surface area is 108 Å². The molecule has 0 spiro atoms. The van der Waals surface area contributed by atoms with E-state index in [9.17, 15) is 0 Å². The van der Waals surface area contributed by atoms with Gasteiger partial charge in [-0.15, -0.1) is 0 Å². The van der Waals surface area contributed by atoms with Gasteiger partial charge in [-0.25, -0.2) is 5.43 Å². The first kappa shape index (κ1) is 12.9. The standard InChI is InChI=1S/C15H20N2O/c1-9-5-6-18-15(9)14(17-16)13-8-11(3)10(2)7-12(13)4/h5-8,14,17H,16H2,1-4H3. The molecule has 96 valence electrons. The van der Waals surface area contributed by atoms with Crippen molar-refractivity contribution in [3.63, 3.8) is 0 Å². The molecule has 3 nitrogen and oxygen atoms in total. The van der Waals surface area contributed by atoms with E-state index in [1.807, 2.05) is 13.0 Å². The van der Waals surface area contributed by atoms with Gasteiger partial charge in [0.1, 0.15) is 11.8 Å². The molecule has 1 aromatic carbocycles. The molecule has 0 aliphatic carbocycles. The maximum absolute atomic E-state index is 5.71. The molecule has 0 amide bonds. The van der Waals surface area contributed by atoms with Gasteiger partial charge >= 0.3 is 0 Å². The molecule has 2 aromatic rings. The first-order valence-corrected chi connectivity index (χ1v) is 6.12. The number of benzene rings is 1. The van der Waals surface area contributed by atoms with Gasteiger partial charge in [0.25, 0.3) is 0 Å². The highest BCUT2D eigenvalue weighted by Gasteiger charge is 2.20. The zero-order chi connectivity index (χ0) is 13.3. The molecule has 3 N–H and O–H groups in total. The molecule has 0 aliphatic heterocycles. The zero-order valence-electron chi connectivity index (χ0n) is 11.4. The average molecular weight is 244 g/mol. The van der Waals surface area contributed by atoms with Crippen molar-refractivity contribution in [2.24, 2.45) is 5.84 Å². The fourth-order valence-electron chi connectivity index (χ4n) is 2.28. The summed E-state index contributed by atoms with van der Waals surface area (Å²) in [5.41, 5.74) is 8.91. The maximum atomic E-state index is 5.71. The average Bonchev–Trinajstić information content (AvgIpc) is 2.73. The number of nitrogens with two attached hydrogens (primary N) is 1. The smallest absolute Gasteiger partial charge is 0.129 e. The maximum Gasteiger partial charge on any atom is 0.129 e.